The second-order valence-corrected chi connectivity index (χ2v) is 7.37. The summed E-state index contributed by atoms with van der Waals surface area (Å²) in [5.74, 6) is 1.42. The molecule has 2 aromatic rings. The number of rotatable bonds is 10. The van der Waals surface area contributed by atoms with E-state index in [4.69, 9.17) is 4.74 Å². The lowest BCUT2D eigenvalue weighted by Gasteiger charge is -2.17. The fourth-order valence-corrected chi connectivity index (χ4v) is 2.89. The van der Waals surface area contributed by atoms with Gasteiger partial charge in [-0.15, -0.1) is 16.8 Å². The number of benzene rings is 1. The summed E-state index contributed by atoms with van der Waals surface area (Å²) in [5, 5.41) is 11.9. The van der Waals surface area contributed by atoms with Crippen LogP contribution in [-0.4, -0.2) is 32.5 Å². The molecular weight excluding hydrogens is 367 g/mol. The summed E-state index contributed by atoms with van der Waals surface area (Å²) in [6.45, 7) is 10.5. The molecule has 0 fully saturated rings. The molecule has 1 N–H and O–H groups in total. The van der Waals surface area contributed by atoms with Crippen LogP contribution in [0.25, 0.3) is 0 Å². The molecule has 1 amide bonds. The molecule has 0 unspecified atom stereocenters. The van der Waals surface area contributed by atoms with E-state index in [-0.39, 0.29) is 30.1 Å². The number of carbonyl (C=O) groups excluding carboxylic acids is 1. The molecule has 2 rings (SSSR count). The Labute approximate surface area is 163 Å². The number of ether oxygens (including phenoxy) is 1. The number of amides is 1. The Kier molecular flexibility index (Phi) is 7.84. The molecule has 1 atom stereocenters. The van der Waals surface area contributed by atoms with Crippen molar-refractivity contribution in [3.8, 4) is 5.75 Å². The maximum Gasteiger partial charge on any atom is 0.230 e. The monoisotopic (exact) mass is 392 g/mol. The smallest absolute Gasteiger partial charge is 0.230 e. The minimum atomic E-state index is -0.319. The molecule has 0 aliphatic rings. The summed E-state index contributed by atoms with van der Waals surface area (Å²) in [6, 6.07) is 5.89. The molecule has 6 nitrogen and oxygen atoms in total. The van der Waals surface area contributed by atoms with Crippen LogP contribution in [0.1, 0.15) is 26.6 Å². The number of allylic oxidation sites excluding steroid dienone is 1. The second-order valence-electron chi connectivity index (χ2n) is 6.43. The Balaban J connectivity index is 1.97. The van der Waals surface area contributed by atoms with Crippen molar-refractivity contribution in [2.24, 2.45) is 5.92 Å². The van der Waals surface area contributed by atoms with E-state index < -0.39 is 0 Å². The third kappa shape index (κ3) is 6.39. The number of thioether (sulfide) groups is 1. The number of aromatic nitrogens is 3. The quantitative estimate of drug-likeness (QED) is 0.496. The Morgan fingerprint density at radius 2 is 2.04 bits per heavy atom. The number of nitrogens with one attached hydrogen (secondary N) is 1. The van der Waals surface area contributed by atoms with E-state index in [9.17, 15) is 9.18 Å². The van der Waals surface area contributed by atoms with Crippen molar-refractivity contribution in [1.29, 1.82) is 0 Å². The summed E-state index contributed by atoms with van der Waals surface area (Å²) >= 11 is 1.32. The van der Waals surface area contributed by atoms with Gasteiger partial charge >= 0.3 is 0 Å². The standard InChI is InChI=1S/C19H25FN4O2S/c1-5-10-24-17(11-26-16-8-6-15(20)7-9-16)22-23-19(24)27-12-18(25)21-14(4)13(2)3/h5-9,13-14H,1,10-12H2,2-4H3,(H,21,25)/t14-/m1/s1. The van der Waals surface area contributed by atoms with Crippen LogP contribution in [-0.2, 0) is 17.9 Å². The number of hydrogen-bond donors (Lipinski definition) is 1. The molecule has 8 heteroatoms. The molecule has 0 aliphatic heterocycles. The molecule has 0 saturated carbocycles. The van der Waals surface area contributed by atoms with Crippen LogP contribution in [0.5, 0.6) is 5.75 Å². The lowest BCUT2D eigenvalue weighted by Crippen LogP contribution is -2.37. The van der Waals surface area contributed by atoms with Gasteiger partial charge in [-0.25, -0.2) is 4.39 Å². The van der Waals surface area contributed by atoms with E-state index in [0.717, 1.165) is 0 Å². The van der Waals surface area contributed by atoms with Crippen LogP contribution >= 0.6 is 11.8 Å². The van der Waals surface area contributed by atoms with Crippen LogP contribution in [0.15, 0.2) is 42.1 Å². The van der Waals surface area contributed by atoms with E-state index in [2.05, 4.69) is 35.9 Å². The number of carbonyl (C=O) groups is 1. The first kappa shape index (κ1) is 21.0. The molecule has 1 heterocycles. The zero-order chi connectivity index (χ0) is 19.8. The summed E-state index contributed by atoms with van der Waals surface area (Å²) in [5.41, 5.74) is 0. The maximum absolute atomic E-state index is 13.0. The van der Waals surface area contributed by atoms with Crippen LogP contribution in [0.4, 0.5) is 4.39 Å². The molecule has 1 aromatic carbocycles. The van der Waals surface area contributed by atoms with Gasteiger partial charge in [0.25, 0.3) is 0 Å². The summed E-state index contributed by atoms with van der Waals surface area (Å²) in [6.07, 6.45) is 1.73. The highest BCUT2D eigenvalue weighted by atomic mass is 32.2. The predicted molar refractivity (Wildman–Crippen MR) is 104 cm³/mol. The van der Waals surface area contributed by atoms with E-state index in [0.29, 0.717) is 29.2 Å². The van der Waals surface area contributed by atoms with E-state index >= 15 is 0 Å². The molecule has 0 spiro atoms. The van der Waals surface area contributed by atoms with Crippen molar-refractivity contribution < 1.29 is 13.9 Å². The molecule has 1 aromatic heterocycles. The number of halogens is 1. The van der Waals surface area contributed by atoms with Crippen molar-refractivity contribution in [3.05, 3.63) is 48.6 Å². The minimum absolute atomic E-state index is 0.0431. The first-order valence-corrected chi connectivity index (χ1v) is 9.72. The van der Waals surface area contributed by atoms with Gasteiger partial charge in [0.2, 0.25) is 5.91 Å². The fraction of sp³-hybridized carbons (Fsp3) is 0.421. The van der Waals surface area contributed by atoms with E-state index in [1.807, 2.05) is 11.5 Å². The van der Waals surface area contributed by atoms with Gasteiger partial charge in [-0.05, 0) is 37.1 Å². The number of hydrogen-bond acceptors (Lipinski definition) is 5. The average Bonchev–Trinajstić information content (AvgIpc) is 3.01. The van der Waals surface area contributed by atoms with Crippen molar-refractivity contribution in [2.75, 3.05) is 5.75 Å². The zero-order valence-electron chi connectivity index (χ0n) is 15.8. The van der Waals surface area contributed by atoms with Crippen LogP contribution in [0.3, 0.4) is 0 Å². The predicted octanol–water partition coefficient (Wildman–Crippen LogP) is 3.44. The van der Waals surface area contributed by atoms with Crippen molar-refractivity contribution >= 4 is 17.7 Å². The van der Waals surface area contributed by atoms with E-state index in [1.165, 1.54) is 23.9 Å². The first-order valence-electron chi connectivity index (χ1n) is 8.74. The van der Waals surface area contributed by atoms with Crippen LogP contribution in [0.2, 0.25) is 0 Å². The van der Waals surface area contributed by atoms with Gasteiger partial charge in [0.05, 0.1) is 5.75 Å². The van der Waals surface area contributed by atoms with Gasteiger partial charge in [-0.2, -0.15) is 0 Å². The lowest BCUT2D eigenvalue weighted by atomic mass is 10.1. The molecule has 0 saturated heterocycles. The molecule has 0 bridgehead atoms. The van der Waals surface area contributed by atoms with Crippen molar-refractivity contribution in [2.45, 2.75) is 45.1 Å². The topological polar surface area (TPSA) is 69.0 Å². The van der Waals surface area contributed by atoms with Gasteiger partial charge in [0, 0.05) is 12.6 Å². The van der Waals surface area contributed by atoms with Gasteiger partial charge in [0.1, 0.15) is 18.2 Å². The normalized spacial score (nSPS) is 12.0. The molecule has 146 valence electrons. The summed E-state index contributed by atoms with van der Waals surface area (Å²) in [7, 11) is 0. The second kappa shape index (κ2) is 10.1. The molecular formula is C19H25FN4O2S. The van der Waals surface area contributed by atoms with Crippen LogP contribution in [0, 0.1) is 11.7 Å². The van der Waals surface area contributed by atoms with Crippen molar-refractivity contribution in [3.63, 3.8) is 0 Å². The van der Waals surface area contributed by atoms with E-state index in [1.54, 1.807) is 18.2 Å². The Bertz CT molecular complexity index is 762. The van der Waals surface area contributed by atoms with Gasteiger partial charge in [-0.1, -0.05) is 31.7 Å². The highest BCUT2D eigenvalue weighted by Gasteiger charge is 2.16. The summed E-state index contributed by atoms with van der Waals surface area (Å²) in [4.78, 5) is 12.1. The van der Waals surface area contributed by atoms with Gasteiger partial charge in [-0.3, -0.25) is 9.36 Å². The first-order chi connectivity index (χ1) is 12.9. The van der Waals surface area contributed by atoms with Gasteiger partial charge in [0.15, 0.2) is 11.0 Å². The fourth-order valence-electron chi connectivity index (χ4n) is 2.12. The van der Waals surface area contributed by atoms with Crippen molar-refractivity contribution in [1.82, 2.24) is 20.1 Å². The average molecular weight is 393 g/mol. The third-order valence-corrected chi connectivity index (χ3v) is 4.97. The zero-order valence-corrected chi connectivity index (χ0v) is 16.6. The maximum atomic E-state index is 13.0. The highest BCUT2D eigenvalue weighted by Crippen LogP contribution is 2.19. The Hall–Kier alpha value is -2.35. The van der Waals surface area contributed by atoms with Gasteiger partial charge < -0.3 is 10.1 Å². The molecule has 0 radical (unpaired) electrons. The molecule has 0 aliphatic carbocycles. The Morgan fingerprint density at radius 3 is 2.67 bits per heavy atom. The highest BCUT2D eigenvalue weighted by molar-refractivity contribution is 7.99. The molecule has 27 heavy (non-hydrogen) atoms. The number of nitrogens with zero attached hydrogens (tertiary/aromatic N) is 3. The lowest BCUT2D eigenvalue weighted by molar-refractivity contribution is -0.119. The third-order valence-electron chi connectivity index (χ3n) is 4.01. The largest absolute Gasteiger partial charge is 0.486 e. The minimum Gasteiger partial charge on any atom is -0.486 e. The SMILES string of the molecule is C=CCn1c(COc2ccc(F)cc2)nnc1SCC(=O)N[C@H](C)C(C)C. The summed E-state index contributed by atoms with van der Waals surface area (Å²) < 4.78 is 20.4. The Morgan fingerprint density at radius 1 is 1.33 bits per heavy atom. The van der Waals surface area contributed by atoms with Crippen LogP contribution < -0.4 is 10.1 Å².